The molecule has 0 spiro atoms. The number of carbonyl (C=O) groups excluding carboxylic acids is 1. The highest BCUT2D eigenvalue weighted by molar-refractivity contribution is 5.69. The third-order valence-corrected chi connectivity index (χ3v) is 3.88. The van der Waals surface area contributed by atoms with Crippen LogP contribution in [0.25, 0.3) is 0 Å². The van der Waals surface area contributed by atoms with Crippen molar-refractivity contribution < 1.29 is 9.53 Å². The molecule has 0 aliphatic carbocycles. The second kappa shape index (κ2) is 4.36. The van der Waals surface area contributed by atoms with Gasteiger partial charge in [0.25, 0.3) is 5.56 Å². The normalized spacial score (nSPS) is 24.4. The third-order valence-electron chi connectivity index (χ3n) is 3.88. The number of pyridine rings is 1. The van der Waals surface area contributed by atoms with Crippen LogP contribution in [0.4, 0.5) is 4.79 Å². The molecule has 5 heteroatoms. The number of hydrogen-bond donors (Lipinski definition) is 0. The molecule has 1 fully saturated rings. The number of amides is 1. The zero-order valence-electron chi connectivity index (χ0n) is 12.1. The molecule has 1 aromatic heterocycles. The van der Waals surface area contributed by atoms with Crippen molar-refractivity contribution in [1.29, 1.82) is 0 Å². The van der Waals surface area contributed by atoms with E-state index in [1.807, 2.05) is 26.8 Å². The Morgan fingerprint density at radius 3 is 2.75 bits per heavy atom. The summed E-state index contributed by atoms with van der Waals surface area (Å²) in [6.07, 6.45) is 0.637. The van der Waals surface area contributed by atoms with Gasteiger partial charge in [-0.15, -0.1) is 0 Å². The largest absolute Gasteiger partial charge is 0.444 e. The van der Waals surface area contributed by atoms with Crippen LogP contribution >= 0.6 is 0 Å². The van der Waals surface area contributed by atoms with E-state index >= 15 is 0 Å². The summed E-state index contributed by atoms with van der Waals surface area (Å²) in [6, 6.07) is 5.24. The molecule has 1 saturated heterocycles. The number of fused-ring (bicyclic) bond motifs is 4. The fourth-order valence-corrected chi connectivity index (χ4v) is 3.14. The Morgan fingerprint density at radius 2 is 2.05 bits per heavy atom. The maximum Gasteiger partial charge on any atom is 0.410 e. The van der Waals surface area contributed by atoms with E-state index in [9.17, 15) is 9.59 Å². The molecule has 0 aromatic carbocycles. The standard InChI is InChI=1S/C15H20N2O3/c1-15(2,3)20-14(19)17-9-10-7-12(17)11-5-4-6-13(18)16(11)8-10/h4-6,10,12H,7-9H2,1-3H3/t10-,12+/m1/s1. The monoisotopic (exact) mass is 276 g/mol. The minimum absolute atomic E-state index is 0.0169. The van der Waals surface area contributed by atoms with Crippen LogP contribution in [-0.4, -0.2) is 27.7 Å². The molecule has 1 aromatic rings. The van der Waals surface area contributed by atoms with Gasteiger partial charge >= 0.3 is 6.09 Å². The van der Waals surface area contributed by atoms with Crippen molar-refractivity contribution in [2.75, 3.05) is 6.54 Å². The zero-order valence-corrected chi connectivity index (χ0v) is 12.1. The van der Waals surface area contributed by atoms with Crippen LogP contribution in [0.3, 0.4) is 0 Å². The predicted molar refractivity (Wildman–Crippen MR) is 74.5 cm³/mol. The Bertz CT molecular complexity index is 600. The maximum atomic E-state index is 12.3. The van der Waals surface area contributed by atoms with Crippen molar-refractivity contribution in [3.63, 3.8) is 0 Å². The van der Waals surface area contributed by atoms with Crippen molar-refractivity contribution in [3.05, 3.63) is 34.2 Å². The smallest absolute Gasteiger partial charge is 0.410 e. The van der Waals surface area contributed by atoms with Gasteiger partial charge in [-0.05, 0) is 39.2 Å². The second-order valence-electron chi connectivity index (χ2n) is 6.65. The summed E-state index contributed by atoms with van der Waals surface area (Å²) in [7, 11) is 0. The van der Waals surface area contributed by atoms with Gasteiger partial charge in [-0.3, -0.25) is 9.69 Å². The van der Waals surface area contributed by atoms with E-state index in [0.29, 0.717) is 19.0 Å². The first-order valence-electron chi connectivity index (χ1n) is 7.04. The Labute approximate surface area is 118 Å². The molecule has 2 aliphatic rings. The highest BCUT2D eigenvalue weighted by Crippen LogP contribution is 2.40. The van der Waals surface area contributed by atoms with E-state index < -0.39 is 5.60 Å². The summed E-state index contributed by atoms with van der Waals surface area (Å²) < 4.78 is 7.27. The van der Waals surface area contributed by atoms with Crippen LogP contribution in [0.15, 0.2) is 23.0 Å². The van der Waals surface area contributed by atoms with Crippen LogP contribution in [0.5, 0.6) is 0 Å². The molecular formula is C15H20N2O3. The molecule has 0 radical (unpaired) electrons. The number of hydrogen-bond acceptors (Lipinski definition) is 3. The Morgan fingerprint density at radius 1 is 1.30 bits per heavy atom. The summed E-state index contributed by atoms with van der Waals surface area (Å²) in [5, 5.41) is 0. The molecule has 20 heavy (non-hydrogen) atoms. The molecule has 2 bridgehead atoms. The van der Waals surface area contributed by atoms with Crippen molar-refractivity contribution in [3.8, 4) is 0 Å². The van der Waals surface area contributed by atoms with Gasteiger partial charge in [0.15, 0.2) is 0 Å². The van der Waals surface area contributed by atoms with Crippen molar-refractivity contribution >= 4 is 6.09 Å². The number of aromatic nitrogens is 1. The van der Waals surface area contributed by atoms with Crippen LogP contribution in [0, 0.1) is 5.92 Å². The summed E-state index contributed by atoms with van der Waals surface area (Å²) in [5.41, 5.74) is 0.449. The molecule has 1 amide bonds. The summed E-state index contributed by atoms with van der Waals surface area (Å²) in [4.78, 5) is 26.0. The molecule has 5 nitrogen and oxygen atoms in total. The van der Waals surface area contributed by atoms with Crippen molar-refractivity contribution in [2.45, 2.75) is 45.4 Å². The topological polar surface area (TPSA) is 51.5 Å². The van der Waals surface area contributed by atoms with Crippen LogP contribution in [0.1, 0.15) is 38.9 Å². The van der Waals surface area contributed by atoms with Crippen LogP contribution in [-0.2, 0) is 11.3 Å². The zero-order chi connectivity index (χ0) is 14.5. The Kier molecular flexibility index (Phi) is 2.88. The molecule has 108 valence electrons. The van der Waals surface area contributed by atoms with E-state index in [4.69, 9.17) is 4.74 Å². The fourth-order valence-electron chi connectivity index (χ4n) is 3.14. The van der Waals surface area contributed by atoms with E-state index in [1.54, 1.807) is 21.6 Å². The molecule has 3 heterocycles. The van der Waals surface area contributed by atoms with Gasteiger partial charge < -0.3 is 9.30 Å². The third kappa shape index (κ3) is 2.21. The van der Waals surface area contributed by atoms with E-state index in [1.165, 1.54) is 0 Å². The minimum atomic E-state index is -0.496. The van der Waals surface area contributed by atoms with Gasteiger partial charge in [-0.1, -0.05) is 6.07 Å². The number of carbonyl (C=O) groups is 1. The van der Waals surface area contributed by atoms with Gasteiger partial charge in [-0.2, -0.15) is 0 Å². The average molecular weight is 276 g/mol. The lowest BCUT2D eigenvalue weighted by Gasteiger charge is -2.29. The SMILES string of the molecule is CC(C)(C)OC(=O)N1C[C@@H]2C[C@H]1c1cccc(=O)n1C2. The first kappa shape index (κ1) is 13.2. The van der Waals surface area contributed by atoms with Crippen LogP contribution < -0.4 is 5.56 Å². The van der Waals surface area contributed by atoms with Gasteiger partial charge in [0.1, 0.15) is 5.60 Å². The lowest BCUT2D eigenvalue weighted by Crippen LogP contribution is -2.37. The molecular weight excluding hydrogens is 256 g/mol. The number of rotatable bonds is 0. The van der Waals surface area contributed by atoms with Gasteiger partial charge in [0.2, 0.25) is 0 Å². The molecule has 2 atom stereocenters. The molecule has 2 aliphatic heterocycles. The van der Waals surface area contributed by atoms with Crippen molar-refractivity contribution in [2.24, 2.45) is 5.92 Å². The van der Waals surface area contributed by atoms with Gasteiger partial charge in [0, 0.05) is 24.8 Å². The van der Waals surface area contributed by atoms with E-state index in [-0.39, 0.29) is 17.7 Å². The quantitative estimate of drug-likeness (QED) is 0.729. The van der Waals surface area contributed by atoms with Crippen LogP contribution in [0.2, 0.25) is 0 Å². The second-order valence-corrected chi connectivity index (χ2v) is 6.65. The molecule has 0 saturated carbocycles. The highest BCUT2D eigenvalue weighted by Gasteiger charge is 2.42. The number of ether oxygens (including phenoxy) is 1. The number of likely N-dealkylation sites (tertiary alicyclic amines) is 1. The predicted octanol–water partition coefficient (Wildman–Crippen LogP) is 2.16. The van der Waals surface area contributed by atoms with Crippen molar-refractivity contribution in [1.82, 2.24) is 9.47 Å². The van der Waals surface area contributed by atoms with E-state index in [2.05, 4.69) is 0 Å². The summed E-state index contributed by atoms with van der Waals surface area (Å²) in [5.74, 6) is 0.347. The maximum absolute atomic E-state index is 12.3. The lowest BCUT2D eigenvalue weighted by molar-refractivity contribution is 0.0220. The molecule has 0 unspecified atom stereocenters. The summed E-state index contributed by atoms with van der Waals surface area (Å²) >= 11 is 0. The highest BCUT2D eigenvalue weighted by atomic mass is 16.6. The van der Waals surface area contributed by atoms with E-state index in [0.717, 1.165) is 12.1 Å². The van der Waals surface area contributed by atoms with Gasteiger partial charge in [0.05, 0.1) is 6.04 Å². The fraction of sp³-hybridized carbons (Fsp3) is 0.600. The molecule has 0 N–H and O–H groups in total. The Balaban J connectivity index is 1.91. The molecule has 3 rings (SSSR count). The first-order chi connectivity index (χ1) is 9.35. The number of nitrogens with zero attached hydrogens (tertiary/aromatic N) is 2. The average Bonchev–Trinajstić information content (AvgIpc) is 2.67. The minimum Gasteiger partial charge on any atom is -0.444 e. The summed E-state index contributed by atoms with van der Waals surface area (Å²) in [6.45, 7) is 6.97. The Hall–Kier alpha value is -1.78. The lowest BCUT2D eigenvalue weighted by atomic mass is 9.98. The van der Waals surface area contributed by atoms with Gasteiger partial charge in [-0.25, -0.2) is 4.79 Å². The first-order valence-corrected chi connectivity index (χ1v) is 7.04.